The van der Waals surface area contributed by atoms with E-state index in [9.17, 15) is 18.0 Å². The first-order valence-electron chi connectivity index (χ1n) is 10.6. The minimum absolute atomic E-state index is 0.156. The van der Waals surface area contributed by atoms with Gasteiger partial charge in [0.15, 0.2) is 5.82 Å². The maximum Gasteiger partial charge on any atom is 0.490 e. The first-order valence-corrected chi connectivity index (χ1v) is 11.0. The molecule has 13 heteroatoms. The summed E-state index contributed by atoms with van der Waals surface area (Å²) in [6, 6.07) is 16.8. The van der Waals surface area contributed by atoms with Crippen LogP contribution in [0, 0.1) is 0 Å². The van der Waals surface area contributed by atoms with Crippen LogP contribution in [0.1, 0.15) is 5.56 Å². The molecule has 1 saturated heterocycles. The zero-order valence-electron chi connectivity index (χ0n) is 18.7. The summed E-state index contributed by atoms with van der Waals surface area (Å²) in [5.41, 5.74) is 1.16. The first kappa shape index (κ1) is 26.8. The van der Waals surface area contributed by atoms with Crippen molar-refractivity contribution in [2.75, 3.05) is 31.5 Å². The summed E-state index contributed by atoms with van der Waals surface area (Å²) in [7, 11) is 0. The highest BCUT2D eigenvalue weighted by molar-refractivity contribution is 6.30. The Balaban J connectivity index is 0.000000454. The van der Waals surface area contributed by atoms with E-state index in [1.165, 1.54) is 6.26 Å². The van der Waals surface area contributed by atoms with Gasteiger partial charge in [0.05, 0.1) is 0 Å². The van der Waals surface area contributed by atoms with Crippen LogP contribution >= 0.6 is 11.6 Å². The molecule has 1 aliphatic rings. The lowest BCUT2D eigenvalue weighted by Crippen LogP contribution is -2.49. The van der Waals surface area contributed by atoms with Gasteiger partial charge in [0.2, 0.25) is 0 Å². The molecular formula is C23H22ClF3N4O5. The molecule has 0 atom stereocenters. The average Bonchev–Trinajstić information content (AvgIpc) is 3.34. The molecule has 2 aromatic carbocycles. The molecular weight excluding hydrogens is 505 g/mol. The fourth-order valence-corrected chi connectivity index (χ4v) is 3.30. The van der Waals surface area contributed by atoms with Gasteiger partial charge in [-0.05, 0) is 42.0 Å². The number of halogens is 4. The second kappa shape index (κ2) is 12.3. The Bertz CT molecular complexity index is 1140. The minimum atomic E-state index is -5.08. The maximum atomic E-state index is 12.3. The van der Waals surface area contributed by atoms with E-state index in [1.54, 1.807) is 23.1 Å². The molecule has 3 aromatic rings. The number of carboxylic acid groups (broad SMARTS) is 1. The van der Waals surface area contributed by atoms with Crippen molar-refractivity contribution < 1.29 is 37.1 Å². The third-order valence-electron chi connectivity index (χ3n) is 4.93. The Morgan fingerprint density at radius 1 is 1.06 bits per heavy atom. The SMILES string of the molecule is O=C(Nc1ccon1)N1CCN(Cc2cccc(Oc3ccc(Cl)cc3)c2)CC1.O=C(O)C(F)(F)F. The van der Waals surface area contributed by atoms with Crippen molar-refractivity contribution >= 4 is 29.4 Å². The van der Waals surface area contributed by atoms with Crippen LogP contribution in [-0.2, 0) is 11.3 Å². The lowest BCUT2D eigenvalue weighted by atomic mass is 10.2. The van der Waals surface area contributed by atoms with Gasteiger partial charge >= 0.3 is 18.2 Å². The molecule has 4 rings (SSSR count). The highest BCUT2D eigenvalue weighted by Gasteiger charge is 2.38. The van der Waals surface area contributed by atoms with E-state index >= 15 is 0 Å². The van der Waals surface area contributed by atoms with E-state index < -0.39 is 12.1 Å². The number of hydrogen-bond donors (Lipinski definition) is 2. The number of nitrogens with zero attached hydrogens (tertiary/aromatic N) is 3. The van der Waals surface area contributed by atoms with Crippen LogP contribution in [0.15, 0.2) is 65.4 Å². The molecule has 2 amide bonds. The summed E-state index contributed by atoms with van der Waals surface area (Å²) >= 11 is 5.92. The third-order valence-corrected chi connectivity index (χ3v) is 5.18. The van der Waals surface area contributed by atoms with E-state index in [0.717, 1.165) is 36.7 Å². The number of piperazine rings is 1. The van der Waals surface area contributed by atoms with Gasteiger partial charge in [-0.15, -0.1) is 0 Å². The number of anilines is 1. The quantitative estimate of drug-likeness (QED) is 0.476. The highest BCUT2D eigenvalue weighted by Crippen LogP contribution is 2.24. The summed E-state index contributed by atoms with van der Waals surface area (Å²) < 4.78 is 42.4. The van der Waals surface area contributed by atoms with Crippen molar-refractivity contribution in [3.8, 4) is 11.5 Å². The molecule has 192 valence electrons. The number of rotatable bonds is 5. The number of urea groups is 1. The van der Waals surface area contributed by atoms with Gasteiger partial charge in [0.1, 0.15) is 17.8 Å². The van der Waals surface area contributed by atoms with Crippen LogP contribution in [-0.4, -0.2) is 64.4 Å². The Hall–Kier alpha value is -3.77. The Labute approximate surface area is 209 Å². The summed E-state index contributed by atoms with van der Waals surface area (Å²) in [6.45, 7) is 3.72. The molecule has 0 saturated carbocycles. The fraction of sp³-hybridized carbons (Fsp3) is 0.261. The molecule has 0 radical (unpaired) electrons. The van der Waals surface area contributed by atoms with Crippen molar-refractivity contribution in [3.63, 3.8) is 0 Å². The van der Waals surface area contributed by atoms with Crippen LogP contribution in [0.3, 0.4) is 0 Å². The van der Waals surface area contributed by atoms with Gasteiger partial charge in [-0.3, -0.25) is 10.2 Å². The van der Waals surface area contributed by atoms with Gasteiger partial charge in [-0.2, -0.15) is 13.2 Å². The number of amides is 2. The van der Waals surface area contributed by atoms with Crippen LogP contribution in [0.4, 0.5) is 23.8 Å². The molecule has 2 heterocycles. The summed E-state index contributed by atoms with van der Waals surface area (Å²) in [6.07, 6.45) is -3.65. The van der Waals surface area contributed by atoms with Crippen LogP contribution in [0.2, 0.25) is 5.02 Å². The number of ether oxygens (including phenoxy) is 1. The monoisotopic (exact) mass is 526 g/mol. The minimum Gasteiger partial charge on any atom is -0.475 e. The average molecular weight is 527 g/mol. The Kier molecular flexibility index (Phi) is 9.14. The van der Waals surface area contributed by atoms with Gasteiger partial charge in [0.25, 0.3) is 0 Å². The molecule has 2 N–H and O–H groups in total. The number of aromatic nitrogens is 1. The summed E-state index contributed by atoms with van der Waals surface area (Å²) in [4.78, 5) is 25.3. The molecule has 1 aliphatic heterocycles. The first-order chi connectivity index (χ1) is 17.1. The van der Waals surface area contributed by atoms with E-state index in [1.807, 2.05) is 30.3 Å². The molecule has 0 bridgehead atoms. The number of nitrogens with one attached hydrogen (secondary N) is 1. The molecule has 1 fully saturated rings. The Morgan fingerprint density at radius 2 is 1.72 bits per heavy atom. The van der Waals surface area contributed by atoms with E-state index in [-0.39, 0.29) is 6.03 Å². The zero-order valence-corrected chi connectivity index (χ0v) is 19.5. The number of alkyl halides is 3. The van der Waals surface area contributed by atoms with Gasteiger partial charge in [-0.25, -0.2) is 9.59 Å². The van der Waals surface area contributed by atoms with Gasteiger partial charge in [-0.1, -0.05) is 28.9 Å². The van der Waals surface area contributed by atoms with Crippen LogP contribution in [0.25, 0.3) is 0 Å². The van der Waals surface area contributed by atoms with Crippen molar-refractivity contribution in [3.05, 3.63) is 71.4 Å². The van der Waals surface area contributed by atoms with Crippen molar-refractivity contribution in [2.24, 2.45) is 0 Å². The predicted molar refractivity (Wildman–Crippen MR) is 124 cm³/mol. The van der Waals surface area contributed by atoms with Crippen LogP contribution in [0.5, 0.6) is 11.5 Å². The topological polar surface area (TPSA) is 108 Å². The van der Waals surface area contributed by atoms with Crippen molar-refractivity contribution in [1.82, 2.24) is 15.0 Å². The van der Waals surface area contributed by atoms with E-state index in [2.05, 4.69) is 21.4 Å². The standard InChI is InChI=1S/C21H21ClN4O3.C2HF3O2/c22-17-4-6-18(7-5-17)29-19-3-1-2-16(14-19)15-25-9-11-26(12-10-25)21(27)23-20-8-13-28-24-20;3-2(4,5)1(6)7/h1-8,13-14H,9-12,15H2,(H,23,24,27);(H,6,7). The highest BCUT2D eigenvalue weighted by atomic mass is 35.5. The number of benzene rings is 2. The fourth-order valence-electron chi connectivity index (χ4n) is 3.18. The molecule has 36 heavy (non-hydrogen) atoms. The number of carboxylic acids is 1. The molecule has 9 nitrogen and oxygen atoms in total. The number of carbonyl (C=O) groups is 2. The van der Waals surface area contributed by atoms with E-state index in [4.69, 9.17) is 30.8 Å². The second-order valence-electron chi connectivity index (χ2n) is 7.58. The van der Waals surface area contributed by atoms with Crippen molar-refractivity contribution in [2.45, 2.75) is 12.7 Å². The second-order valence-corrected chi connectivity index (χ2v) is 8.02. The smallest absolute Gasteiger partial charge is 0.475 e. The Morgan fingerprint density at radius 3 is 2.31 bits per heavy atom. The maximum absolute atomic E-state index is 12.3. The van der Waals surface area contributed by atoms with Crippen molar-refractivity contribution in [1.29, 1.82) is 0 Å². The lowest BCUT2D eigenvalue weighted by Gasteiger charge is -2.34. The van der Waals surface area contributed by atoms with Gasteiger partial charge < -0.3 is 19.3 Å². The molecule has 0 spiro atoms. The molecule has 0 aliphatic carbocycles. The summed E-state index contributed by atoms with van der Waals surface area (Å²) in [5.74, 6) is -0.795. The molecule has 1 aromatic heterocycles. The van der Waals surface area contributed by atoms with Crippen LogP contribution < -0.4 is 10.1 Å². The number of carbonyl (C=O) groups excluding carboxylic acids is 1. The summed E-state index contributed by atoms with van der Waals surface area (Å²) in [5, 5.41) is 14.2. The zero-order chi connectivity index (χ0) is 26.1. The molecule has 0 unspecified atom stereocenters. The predicted octanol–water partition coefficient (Wildman–Crippen LogP) is 5.10. The largest absolute Gasteiger partial charge is 0.490 e. The lowest BCUT2D eigenvalue weighted by molar-refractivity contribution is -0.192. The number of aliphatic carboxylic acids is 1. The third kappa shape index (κ3) is 8.47. The number of hydrogen-bond acceptors (Lipinski definition) is 6. The van der Waals surface area contributed by atoms with Gasteiger partial charge in [0, 0.05) is 43.8 Å². The van der Waals surface area contributed by atoms with E-state index in [0.29, 0.717) is 23.9 Å². The normalized spacial score (nSPS) is 13.9.